The first-order chi connectivity index (χ1) is 39.0. The van der Waals surface area contributed by atoms with Crippen molar-refractivity contribution in [2.45, 2.75) is 78.4 Å². The van der Waals surface area contributed by atoms with E-state index in [2.05, 4.69) is 269 Å². The van der Waals surface area contributed by atoms with Gasteiger partial charge >= 0.3 is 0 Å². The highest BCUT2D eigenvalue weighted by molar-refractivity contribution is 7.18. The summed E-state index contributed by atoms with van der Waals surface area (Å²) in [5.41, 5.74) is 19.1. The minimum atomic E-state index is 0.546. The van der Waals surface area contributed by atoms with Crippen LogP contribution in [0.2, 0.25) is 0 Å². The molecule has 0 aliphatic carbocycles. The Labute approximate surface area is 477 Å². The molecule has 1 heterocycles. The fraction of sp³-hybridized carbons (Fsp3) is 0.189. The van der Waals surface area contributed by atoms with Crippen LogP contribution in [0, 0.1) is 0 Å². The van der Waals surface area contributed by atoms with E-state index in [9.17, 15) is 0 Å². The fourth-order valence-electron chi connectivity index (χ4n) is 9.56. The highest BCUT2D eigenvalue weighted by Crippen LogP contribution is 2.41. The van der Waals surface area contributed by atoms with Crippen LogP contribution in [0.25, 0.3) is 33.0 Å². The molecule has 0 bridgehead atoms. The fourth-order valence-corrected chi connectivity index (χ4v) is 10.6. The maximum Gasteiger partial charge on any atom is 0.0721 e. The Balaban J connectivity index is 0.00000221. The maximum absolute atomic E-state index is 6.12. The molecule has 0 spiro atoms. The van der Waals surface area contributed by atoms with Gasteiger partial charge in [0, 0.05) is 57.1 Å². The van der Waals surface area contributed by atoms with Crippen molar-refractivity contribution in [1.82, 2.24) is 0 Å². The molecule has 9 aromatic rings. The Kier molecular flexibility index (Phi) is 23.3. The van der Waals surface area contributed by atoms with Crippen molar-refractivity contribution in [2.24, 2.45) is 0 Å². The summed E-state index contributed by atoms with van der Waals surface area (Å²) >= 11 is 1.83. The van der Waals surface area contributed by atoms with Gasteiger partial charge in [-0.25, -0.2) is 0 Å². The minimum Gasteiger partial charge on any atom is -0.381 e. The number of thiophene rings is 1. The second-order valence-electron chi connectivity index (χ2n) is 19.3. The van der Waals surface area contributed by atoms with Crippen LogP contribution in [-0.2, 0) is 48.4 Å². The van der Waals surface area contributed by atoms with Gasteiger partial charge in [-0.3, -0.25) is 0 Å². The average Bonchev–Trinajstić information content (AvgIpc) is 4.01. The van der Waals surface area contributed by atoms with Crippen LogP contribution in [0.5, 0.6) is 0 Å². The third-order valence-corrected chi connectivity index (χ3v) is 14.9. The zero-order valence-electron chi connectivity index (χ0n) is 46.6. The van der Waals surface area contributed by atoms with Crippen LogP contribution in [0.1, 0.15) is 84.0 Å². The first-order valence-corrected chi connectivity index (χ1v) is 28.6. The van der Waals surface area contributed by atoms with E-state index in [-0.39, 0.29) is 0 Å². The lowest BCUT2D eigenvalue weighted by molar-refractivity contribution is 0.107. The monoisotopic (exact) mass is 1060 g/mol. The summed E-state index contributed by atoms with van der Waals surface area (Å²) in [6.45, 7) is 26.8. The van der Waals surface area contributed by atoms with Gasteiger partial charge in [-0.1, -0.05) is 173 Å². The molecule has 0 unspecified atom stereocenters. The molecule has 0 fully saturated rings. The predicted octanol–water partition coefficient (Wildman–Crippen LogP) is 21.1. The van der Waals surface area contributed by atoms with E-state index < -0.39 is 0 Å². The van der Waals surface area contributed by atoms with Gasteiger partial charge in [0.25, 0.3) is 0 Å². The lowest BCUT2D eigenvalue weighted by Gasteiger charge is -2.26. The quantitative estimate of drug-likeness (QED) is 0.0399. The molecule has 5 heteroatoms. The van der Waals surface area contributed by atoms with E-state index in [4.69, 9.17) is 9.47 Å². The molecule has 0 aliphatic rings. The van der Waals surface area contributed by atoms with E-state index in [1.165, 1.54) is 43.1 Å². The highest BCUT2D eigenvalue weighted by Gasteiger charge is 2.16. The first kappa shape index (κ1) is 58.6. The second kappa shape index (κ2) is 31.4. The summed E-state index contributed by atoms with van der Waals surface area (Å²) in [6, 6.07) is 75.5. The zero-order valence-corrected chi connectivity index (χ0v) is 47.4. The summed E-state index contributed by atoms with van der Waals surface area (Å²) in [5, 5.41) is 0. The van der Waals surface area contributed by atoms with E-state index >= 15 is 0 Å². The summed E-state index contributed by atoms with van der Waals surface area (Å²) in [7, 11) is 0. The smallest absolute Gasteiger partial charge is 0.0721 e. The van der Waals surface area contributed by atoms with Crippen LogP contribution in [0.3, 0.4) is 0 Å². The average molecular weight is 1060 g/mol. The van der Waals surface area contributed by atoms with Gasteiger partial charge in [0.05, 0.1) is 13.2 Å². The van der Waals surface area contributed by atoms with Crippen molar-refractivity contribution in [2.75, 3.05) is 23.0 Å². The minimum absolute atomic E-state index is 0.546. The van der Waals surface area contributed by atoms with Gasteiger partial charge in [-0.05, 0) is 179 Å². The van der Waals surface area contributed by atoms with Crippen LogP contribution in [-0.4, -0.2) is 13.2 Å². The Bertz CT molecular complexity index is 3190. The second-order valence-corrected chi connectivity index (χ2v) is 20.4. The number of rotatable bonds is 26. The van der Waals surface area contributed by atoms with Crippen LogP contribution in [0.4, 0.5) is 34.1 Å². The number of hydrogen-bond acceptors (Lipinski definition) is 5. The molecule has 79 heavy (non-hydrogen) atoms. The van der Waals surface area contributed by atoms with Gasteiger partial charge in [0.1, 0.15) is 0 Å². The van der Waals surface area contributed by atoms with Crippen LogP contribution < -0.4 is 9.80 Å². The van der Waals surface area contributed by atoms with E-state index in [1.807, 2.05) is 23.5 Å². The van der Waals surface area contributed by atoms with Crippen molar-refractivity contribution in [1.29, 1.82) is 0 Å². The molecule has 0 atom stereocenters. The summed E-state index contributed by atoms with van der Waals surface area (Å²) in [6.07, 6.45) is 12.2. The Morgan fingerprint density at radius 3 is 0.937 bits per heavy atom. The number of benzene rings is 8. The number of anilines is 6. The van der Waals surface area contributed by atoms with Gasteiger partial charge < -0.3 is 19.3 Å². The van der Waals surface area contributed by atoms with Gasteiger partial charge in [-0.15, -0.1) is 37.7 Å². The van der Waals surface area contributed by atoms with Crippen molar-refractivity contribution in [3.05, 3.63) is 290 Å². The third kappa shape index (κ3) is 16.7. The van der Waals surface area contributed by atoms with Crippen LogP contribution in [0.15, 0.2) is 246 Å². The van der Waals surface area contributed by atoms with Crippen molar-refractivity contribution in [3.63, 3.8) is 0 Å². The van der Waals surface area contributed by atoms with E-state index in [0.29, 0.717) is 13.2 Å². The lowest BCUT2D eigenvalue weighted by Crippen LogP contribution is -2.10. The maximum atomic E-state index is 6.12. The zero-order chi connectivity index (χ0) is 55.6. The molecular weight excluding hydrogens is 981 g/mol. The van der Waals surface area contributed by atoms with Crippen molar-refractivity contribution < 1.29 is 9.47 Å². The van der Waals surface area contributed by atoms with Crippen LogP contribution >= 0.6 is 11.3 Å². The summed E-state index contributed by atoms with van der Waals surface area (Å²) in [5.74, 6) is 0. The van der Waals surface area contributed by atoms with Gasteiger partial charge in [0.2, 0.25) is 0 Å². The SMILES string of the molecule is C=C.C=C.C=Cc1ccc(CCCOCCCc2ccc(N(c3ccc(CCC)cc3)c3ccc(-c4ccc(-c5ccc(N(c6ccc(CCC)cc6)c6ccc(COCc7ccc(C=C)cc7)cc6)cc5)s4)cc3)cc2)cc1. The molecule has 402 valence electrons. The lowest BCUT2D eigenvalue weighted by atomic mass is 10.1. The topological polar surface area (TPSA) is 24.9 Å². The number of nitrogens with zero attached hydrogens (tertiary/aromatic N) is 2. The highest BCUT2D eigenvalue weighted by atomic mass is 32.1. The molecular formula is C74H78N2O2S. The Hall–Kier alpha value is -8.06. The van der Waals surface area contributed by atoms with Crippen molar-refractivity contribution >= 4 is 57.6 Å². The number of aryl methyl sites for hydroxylation is 4. The summed E-state index contributed by atoms with van der Waals surface area (Å²) in [4.78, 5) is 7.20. The first-order valence-electron chi connectivity index (χ1n) is 27.8. The standard InChI is InChI=1S/C70H70N2O2S.2C2H4/c1-5-11-55-23-35-63(36-24-55)71(65-39-27-58(28-40-65)14-10-50-73-49-9-13-57-19-15-53(7-3)16-20-57)67-43-31-61(32-44-67)69-47-48-70(75-69)62-33-45-68(46-34-62)72(64-37-25-56(12-6-2)26-38-64)66-41-29-60(30-42-66)52-74-51-59-21-17-54(8-4)18-22-59;2*1-2/h7-8,15-48H,3-6,9-14,49-52H2,1-2H3;2*1-2H2. The molecule has 0 radical (unpaired) electrons. The van der Waals surface area contributed by atoms with Gasteiger partial charge in [-0.2, -0.15) is 0 Å². The molecule has 0 amide bonds. The third-order valence-electron chi connectivity index (χ3n) is 13.8. The molecule has 4 nitrogen and oxygen atoms in total. The normalized spacial score (nSPS) is 10.7. The Morgan fingerprint density at radius 2 is 0.620 bits per heavy atom. The molecule has 8 aromatic carbocycles. The molecule has 0 aliphatic heterocycles. The molecule has 0 saturated heterocycles. The van der Waals surface area contributed by atoms with E-state index in [0.717, 1.165) is 121 Å². The number of hydrogen-bond donors (Lipinski definition) is 0. The van der Waals surface area contributed by atoms with E-state index in [1.54, 1.807) is 0 Å². The van der Waals surface area contributed by atoms with Gasteiger partial charge in [0.15, 0.2) is 0 Å². The molecule has 0 saturated carbocycles. The predicted molar refractivity (Wildman–Crippen MR) is 344 cm³/mol. The Morgan fingerprint density at radius 1 is 0.342 bits per heavy atom. The summed E-state index contributed by atoms with van der Waals surface area (Å²) < 4.78 is 12.1. The molecule has 9 rings (SSSR count). The molecule has 1 aromatic heterocycles. The van der Waals surface area contributed by atoms with Crippen molar-refractivity contribution in [3.8, 4) is 20.9 Å². The molecule has 0 N–H and O–H groups in total. The number of ether oxygens (including phenoxy) is 2. The largest absolute Gasteiger partial charge is 0.381 e.